The molecule has 0 amide bonds. The van der Waals surface area contributed by atoms with E-state index >= 15 is 0 Å². The van der Waals surface area contributed by atoms with Gasteiger partial charge in [0.1, 0.15) is 5.75 Å². The first kappa shape index (κ1) is 11.9. The van der Waals surface area contributed by atoms with Crippen LogP contribution >= 0.6 is 0 Å². The second-order valence-electron chi connectivity index (χ2n) is 4.07. The van der Waals surface area contributed by atoms with Crippen LogP contribution in [0.4, 0.5) is 5.69 Å². The molecule has 0 aromatic heterocycles. The molecule has 0 fully saturated rings. The normalized spacial score (nSPS) is 12.3. The van der Waals surface area contributed by atoms with Gasteiger partial charge in [0, 0.05) is 25.8 Å². The third-order valence-corrected chi connectivity index (χ3v) is 2.32. The van der Waals surface area contributed by atoms with Crippen molar-refractivity contribution < 1.29 is 4.74 Å². The lowest BCUT2D eigenvalue weighted by atomic mass is 10.1. The molecular formula is C12H20N2O. The summed E-state index contributed by atoms with van der Waals surface area (Å²) in [5.74, 6) is 0.915. The van der Waals surface area contributed by atoms with E-state index in [2.05, 4.69) is 11.0 Å². The van der Waals surface area contributed by atoms with Gasteiger partial charge >= 0.3 is 0 Å². The van der Waals surface area contributed by atoms with Crippen LogP contribution in [0.2, 0.25) is 0 Å². The van der Waals surface area contributed by atoms with Crippen molar-refractivity contribution in [1.82, 2.24) is 0 Å². The third-order valence-electron chi connectivity index (χ3n) is 2.32. The highest BCUT2D eigenvalue weighted by Gasteiger charge is 2.07. The Hall–Kier alpha value is -1.22. The van der Waals surface area contributed by atoms with Crippen LogP contribution in [0.1, 0.15) is 12.5 Å². The Bertz CT molecular complexity index is 321. The molecule has 0 bridgehead atoms. The molecule has 0 saturated heterocycles. The fourth-order valence-electron chi connectivity index (χ4n) is 1.55. The van der Waals surface area contributed by atoms with Gasteiger partial charge < -0.3 is 15.4 Å². The van der Waals surface area contributed by atoms with Crippen molar-refractivity contribution in [1.29, 1.82) is 0 Å². The topological polar surface area (TPSA) is 38.5 Å². The molecule has 0 aliphatic heterocycles. The predicted molar refractivity (Wildman–Crippen MR) is 64.7 cm³/mol. The van der Waals surface area contributed by atoms with Crippen LogP contribution in [0.25, 0.3) is 0 Å². The average Bonchev–Trinajstić information content (AvgIpc) is 2.16. The van der Waals surface area contributed by atoms with Crippen LogP contribution in [-0.4, -0.2) is 27.2 Å². The van der Waals surface area contributed by atoms with Crippen molar-refractivity contribution in [2.75, 3.05) is 26.1 Å². The largest absolute Gasteiger partial charge is 0.496 e. The van der Waals surface area contributed by atoms with Gasteiger partial charge in [0.15, 0.2) is 0 Å². The highest BCUT2D eigenvalue weighted by molar-refractivity contribution is 5.52. The van der Waals surface area contributed by atoms with E-state index < -0.39 is 0 Å². The minimum atomic E-state index is 0.149. The molecule has 0 saturated carbocycles. The van der Waals surface area contributed by atoms with E-state index in [0.717, 1.165) is 12.2 Å². The molecule has 1 rings (SSSR count). The van der Waals surface area contributed by atoms with Crippen molar-refractivity contribution in [2.45, 2.75) is 19.4 Å². The maximum Gasteiger partial charge on any atom is 0.122 e. The van der Waals surface area contributed by atoms with Gasteiger partial charge in [-0.3, -0.25) is 0 Å². The summed E-state index contributed by atoms with van der Waals surface area (Å²) in [5, 5.41) is 0. The van der Waals surface area contributed by atoms with E-state index in [1.165, 1.54) is 11.3 Å². The average molecular weight is 208 g/mol. The molecule has 0 aliphatic rings. The molecule has 84 valence electrons. The molecule has 0 heterocycles. The Labute approximate surface area is 91.8 Å². The molecule has 1 aromatic carbocycles. The second-order valence-corrected chi connectivity index (χ2v) is 4.07. The molecule has 15 heavy (non-hydrogen) atoms. The molecule has 0 spiro atoms. The van der Waals surface area contributed by atoms with Crippen LogP contribution in [0.15, 0.2) is 18.2 Å². The number of rotatable bonds is 4. The van der Waals surface area contributed by atoms with E-state index in [1.807, 2.05) is 33.2 Å². The first-order valence-electron chi connectivity index (χ1n) is 5.14. The van der Waals surface area contributed by atoms with E-state index in [4.69, 9.17) is 10.5 Å². The minimum absolute atomic E-state index is 0.149. The monoisotopic (exact) mass is 208 g/mol. The van der Waals surface area contributed by atoms with Gasteiger partial charge in [-0.2, -0.15) is 0 Å². The number of ether oxygens (including phenoxy) is 1. The van der Waals surface area contributed by atoms with Gasteiger partial charge in [-0.1, -0.05) is 0 Å². The molecule has 1 atom stereocenters. The fourth-order valence-corrected chi connectivity index (χ4v) is 1.55. The summed E-state index contributed by atoms with van der Waals surface area (Å²) < 4.78 is 5.31. The summed E-state index contributed by atoms with van der Waals surface area (Å²) in [6.07, 6.45) is 0.838. The lowest BCUT2D eigenvalue weighted by Crippen LogP contribution is -2.18. The maximum absolute atomic E-state index is 5.81. The summed E-state index contributed by atoms with van der Waals surface area (Å²) in [5.41, 5.74) is 8.14. The quantitative estimate of drug-likeness (QED) is 0.817. The van der Waals surface area contributed by atoms with Gasteiger partial charge in [-0.25, -0.2) is 0 Å². The lowest BCUT2D eigenvalue weighted by molar-refractivity contribution is 0.408. The zero-order chi connectivity index (χ0) is 11.4. The highest BCUT2D eigenvalue weighted by Crippen LogP contribution is 2.24. The van der Waals surface area contributed by atoms with Gasteiger partial charge in [0.25, 0.3) is 0 Å². The first-order valence-corrected chi connectivity index (χ1v) is 5.14. The summed E-state index contributed by atoms with van der Waals surface area (Å²) in [4.78, 5) is 2.07. The van der Waals surface area contributed by atoms with Crippen LogP contribution in [0, 0.1) is 0 Å². The van der Waals surface area contributed by atoms with E-state index in [-0.39, 0.29) is 6.04 Å². The second kappa shape index (κ2) is 5.03. The van der Waals surface area contributed by atoms with Crippen LogP contribution < -0.4 is 15.4 Å². The number of nitrogens with two attached hydrogens (primary N) is 1. The van der Waals surface area contributed by atoms with E-state index in [1.54, 1.807) is 7.11 Å². The van der Waals surface area contributed by atoms with Gasteiger partial charge in [-0.15, -0.1) is 0 Å². The van der Waals surface area contributed by atoms with Crippen molar-refractivity contribution in [3.8, 4) is 5.75 Å². The number of anilines is 1. The number of hydrogen-bond acceptors (Lipinski definition) is 3. The Morgan fingerprint density at radius 2 is 2.07 bits per heavy atom. The highest BCUT2D eigenvalue weighted by atomic mass is 16.5. The van der Waals surface area contributed by atoms with Crippen LogP contribution in [-0.2, 0) is 6.42 Å². The first-order chi connectivity index (χ1) is 7.04. The predicted octanol–water partition coefficient (Wildman–Crippen LogP) is 1.65. The molecule has 0 radical (unpaired) electrons. The third kappa shape index (κ3) is 3.13. The number of methoxy groups -OCH3 is 1. The number of hydrogen-bond donors (Lipinski definition) is 1. The SMILES string of the molecule is COc1ccc(N(C)C)cc1CC(C)N. The van der Waals surface area contributed by atoms with Gasteiger partial charge in [0.2, 0.25) is 0 Å². The molecule has 1 aromatic rings. The van der Waals surface area contributed by atoms with E-state index in [0.29, 0.717) is 0 Å². The standard InChI is InChI=1S/C12H20N2O/c1-9(13)7-10-8-11(14(2)3)5-6-12(10)15-4/h5-6,8-9H,7,13H2,1-4H3. The van der Waals surface area contributed by atoms with Crippen LogP contribution in [0.3, 0.4) is 0 Å². The van der Waals surface area contributed by atoms with Gasteiger partial charge in [0.05, 0.1) is 7.11 Å². The summed E-state index contributed by atoms with van der Waals surface area (Å²) >= 11 is 0. The van der Waals surface area contributed by atoms with Crippen molar-refractivity contribution in [3.05, 3.63) is 23.8 Å². The smallest absolute Gasteiger partial charge is 0.122 e. The fraction of sp³-hybridized carbons (Fsp3) is 0.500. The Morgan fingerprint density at radius 1 is 1.40 bits per heavy atom. The Balaban J connectivity index is 3.02. The molecule has 0 aliphatic carbocycles. The number of nitrogens with zero attached hydrogens (tertiary/aromatic N) is 1. The zero-order valence-electron chi connectivity index (χ0n) is 9.95. The Morgan fingerprint density at radius 3 is 2.53 bits per heavy atom. The Kier molecular flexibility index (Phi) is 3.97. The van der Waals surface area contributed by atoms with Crippen molar-refractivity contribution in [2.24, 2.45) is 5.73 Å². The zero-order valence-corrected chi connectivity index (χ0v) is 9.95. The molecular weight excluding hydrogens is 188 g/mol. The van der Waals surface area contributed by atoms with Crippen molar-refractivity contribution in [3.63, 3.8) is 0 Å². The maximum atomic E-state index is 5.81. The molecule has 2 N–H and O–H groups in total. The van der Waals surface area contributed by atoms with Crippen molar-refractivity contribution >= 4 is 5.69 Å². The summed E-state index contributed by atoms with van der Waals surface area (Å²) in [7, 11) is 5.74. The molecule has 1 unspecified atom stereocenters. The molecule has 3 nitrogen and oxygen atoms in total. The summed E-state index contributed by atoms with van der Waals surface area (Å²) in [6, 6.07) is 6.31. The van der Waals surface area contributed by atoms with E-state index in [9.17, 15) is 0 Å². The van der Waals surface area contributed by atoms with Gasteiger partial charge in [-0.05, 0) is 37.1 Å². The van der Waals surface area contributed by atoms with Crippen LogP contribution in [0.5, 0.6) is 5.75 Å². The summed E-state index contributed by atoms with van der Waals surface area (Å²) in [6.45, 7) is 2.00. The number of benzene rings is 1. The minimum Gasteiger partial charge on any atom is -0.496 e. The lowest BCUT2D eigenvalue weighted by Gasteiger charge is -2.17. The molecule has 3 heteroatoms.